The smallest absolute Gasteiger partial charge is 0.232 e. The first-order valence-electron chi connectivity index (χ1n) is 7.47. The summed E-state index contributed by atoms with van der Waals surface area (Å²) in [6.45, 7) is 4.46. The molecular formula is C16H18ClN3O3. The molecule has 0 spiro atoms. The predicted octanol–water partition coefficient (Wildman–Crippen LogP) is 3.38. The monoisotopic (exact) mass is 335 g/mol. The van der Waals surface area contributed by atoms with Crippen LogP contribution in [0.15, 0.2) is 22.7 Å². The molecule has 0 bridgehead atoms. The molecule has 0 N–H and O–H groups in total. The number of halogens is 1. The number of aromatic nitrogens is 2. The highest BCUT2D eigenvalue weighted by Crippen LogP contribution is 2.37. The van der Waals surface area contributed by atoms with E-state index in [0.717, 1.165) is 0 Å². The number of anilines is 1. The van der Waals surface area contributed by atoms with Crippen LogP contribution in [0.4, 0.5) is 5.69 Å². The van der Waals surface area contributed by atoms with Gasteiger partial charge in [-0.2, -0.15) is 4.98 Å². The summed E-state index contributed by atoms with van der Waals surface area (Å²) in [5.41, 5.74) is 0.663. The van der Waals surface area contributed by atoms with E-state index >= 15 is 0 Å². The van der Waals surface area contributed by atoms with Gasteiger partial charge in [-0.3, -0.25) is 4.79 Å². The van der Waals surface area contributed by atoms with Crippen molar-refractivity contribution in [1.29, 1.82) is 0 Å². The van der Waals surface area contributed by atoms with E-state index < -0.39 is 0 Å². The maximum absolute atomic E-state index is 12.4. The molecule has 2 aromatic rings. The fraction of sp³-hybridized carbons (Fsp3) is 0.438. The maximum atomic E-state index is 12.4. The Kier molecular flexibility index (Phi) is 4.26. The van der Waals surface area contributed by atoms with Crippen LogP contribution < -0.4 is 9.64 Å². The molecule has 0 aliphatic carbocycles. The highest BCUT2D eigenvalue weighted by atomic mass is 35.5. The van der Waals surface area contributed by atoms with Gasteiger partial charge in [0.2, 0.25) is 11.8 Å². The number of benzene rings is 1. The average molecular weight is 336 g/mol. The molecule has 0 radical (unpaired) electrons. The zero-order chi connectivity index (χ0) is 16.6. The van der Waals surface area contributed by atoms with Gasteiger partial charge >= 0.3 is 0 Å². The lowest BCUT2D eigenvalue weighted by atomic mass is 10.1. The Morgan fingerprint density at radius 2 is 2.22 bits per heavy atom. The zero-order valence-electron chi connectivity index (χ0n) is 13.2. The van der Waals surface area contributed by atoms with Crippen molar-refractivity contribution in [3.05, 3.63) is 34.9 Å². The van der Waals surface area contributed by atoms with E-state index in [1.54, 1.807) is 30.2 Å². The van der Waals surface area contributed by atoms with Crippen molar-refractivity contribution in [1.82, 2.24) is 10.1 Å². The molecule has 1 aliphatic heterocycles. The molecule has 0 unspecified atom stereocenters. The first-order valence-corrected chi connectivity index (χ1v) is 7.84. The molecule has 2 heterocycles. The second kappa shape index (κ2) is 6.20. The lowest BCUT2D eigenvalue weighted by Crippen LogP contribution is -2.24. The maximum Gasteiger partial charge on any atom is 0.232 e. The molecule has 1 fully saturated rings. The van der Waals surface area contributed by atoms with Gasteiger partial charge in [-0.05, 0) is 18.2 Å². The molecule has 1 saturated heterocycles. The number of rotatable bonds is 4. The zero-order valence-corrected chi connectivity index (χ0v) is 14.0. The summed E-state index contributed by atoms with van der Waals surface area (Å²) in [5, 5.41) is 4.52. The molecule has 23 heavy (non-hydrogen) atoms. The van der Waals surface area contributed by atoms with Crippen LogP contribution in [0.2, 0.25) is 5.02 Å². The third-order valence-electron chi connectivity index (χ3n) is 3.88. The Morgan fingerprint density at radius 3 is 2.87 bits per heavy atom. The molecule has 1 atom stereocenters. The van der Waals surface area contributed by atoms with Crippen LogP contribution in [0.5, 0.6) is 5.75 Å². The molecule has 1 amide bonds. The number of nitrogens with zero attached hydrogens (tertiary/aromatic N) is 3. The summed E-state index contributed by atoms with van der Waals surface area (Å²) in [7, 11) is 1.57. The normalized spacial score (nSPS) is 18.0. The summed E-state index contributed by atoms with van der Waals surface area (Å²) in [4.78, 5) is 18.5. The standard InChI is InChI=1S/C16H18ClN3O3/c1-9(2)15-18-16(23-19-15)10-6-14(21)20(8-10)12-7-11(17)4-5-13(12)22-3/h4-5,7,9-10H,6,8H2,1-3H3/t10-/m0/s1. The summed E-state index contributed by atoms with van der Waals surface area (Å²) < 4.78 is 10.7. The molecule has 0 saturated carbocycles. The molecular weight excluding hydrogens is 318 g/mol. The lowest BCUT2D eigenvalue weighted by Gasteiger charge is -2.19. The van der Waals surface area contributed by atoms with Crippen LogP contribution in [-0.2, 0) is 4.79 Å². The average Bonchev–Trinajstić information content (AvgIpc) is 3.13. The van der Waals surface area contributed by atoms with Crippen LogP contribution in [0.1, 0.15) is 43.8 Å². The molecule has 122 valence electrons. The Balaban J connectivity index is 1.86. The molecule has 7 heteroatoms. The van der Waals surface area contributed by atoms with Gasteiger partial charge < -0.3 is 14.2 Å². The highest BCUT2D eigenvalue weighted by molar-refractivity contribution is 6.31. The first-order chi connectivity index (χ1) is 11.0. The minimum atomic E-state index is -0.119. The van der Waals surface area contributed by atoms with E-state index in [1.807, 2.05) is 13.8 Å². The fourth-order valence-corrected chi connectivity index (χ4v) is 2.79. The van der Waals surface area contributed by atoms with Crippen molar-refractivity contribution < 1.29 is 14.1 Å². The van der Waals surface area contributed by atoms with Gasteiger partial charge in [0.15, 0.2) is 5.82 Å². The summed E-state index contributed by atoms with van der Waals surface area (Å²) >= 11 is 6.06. The van der Waals surface area contributed by atoms with Crippen molar-refractivity contribution in [2.24, 2.45) is 0 Å². The predicted molar refractivity (Wildman–Crippen MR) is 86.1 cm³/mol. The Bertz CT molecular complexity index is 729. The third kappa shape index (κ3) is 3.03. The number of hydrogen-bond donors (Lipinski definition) is 0. The summed E-state index contributed by atoms with van der Waals surface area (Å²) in [5.74, 6) is 1.83. The van der Waals surface area contributed by atoms with Crippen LogP contribution in [0.25, 0.3) is 0 Å². The second-order valence-electron chi connectivity index (χ2n) is 5.87. The van der Waals surface area contributed by atoms with Crippen LogP contribution in [0.3, 0.4) is 0 Å². The minimum absolute atomic E-state index is 0.0140. The van der Waals surface area contributed by atoms with E-state index in [9.17, 15) is 4.79 Å². The Labute approximate surface area is 139 Å². The molecule has 1 aromatic heterocycles. The van der Waals surface area contributed by atoms with Gasteiger partial charge in [0, 0.05) is 23.9 Å². The number of amides is 1. The number of carbonyl (C=O) groups is 1. The minimum Gasteiger partial charge on any atom is -0.495 e. The molecule has 3 rings (SSSR count). The SMILES string of the molecule is COc1ccc(Cl)cc1N1C[C@@H](c2nc(C(C)C)no2)CC1=O. The first kappa shape index (κ1) is 15.8. The number of ether oxygens (including phenoxy) is 1. The molecule has 1 aliphatic rings. The summed E-state index contributed by atoms with van der Waals surface area (Å²) in [6.07, 6.45) is 0.329. The van der Waals surface area contributed by atoms with Crippen molar-refractivity contribution in [2.45, 2.75) is 32.1 Å². The van der Waals surface area contributed by atoms with Gasteiger partial charge in [0.25, 0.3) is 0 Å². The van der Waals surface area contributed by atoms with Crippen LogP contribution in [-0.4, -0.2) is 29.7 Å². The van der Waals surface area contributed by atoms with Gasteiger partial charge in [0.1, 0.15) is 5.75 Å². The van der Waals surface area contributed by atoms with Crippen LogP contribution in [0, 0.1) is 0 Å². The molecule has 6 nitrogen and oxygen atoms in total. The van der Waals surface area contributed by atoms with Gasteiger partial charge in [-0.1, -0.05) is 30.6 Å². The Morgan fingerprint density at radius 1 is 1.43 bits per heavy atom. The highest BCUT2D eigenvalue weighted by Gasteiger charge is 2.36. The number of carbonyl (C=O) groups excluding carboxylic acids is 1. The molecule has 1 aromatic carbocycles. The van der Waals surface area contributed by atoms with E-state index in [2.05, 4.69) is 10.1 Å². The van der Waals surface area contributed by atoms with E-state index in [0.29, 0.717) is 41.1 Å². The van der Waals surface area contributed by atoms with Crippen molar-refractivity contribution in [2.75, 3.05) is 18.6 Å². The van der Waals surface area contributed by atoms with Gasteiger partial charge in [-0.25, -0.2) is 0 Å². The lowest BCUT2D eigenvalue weighted by molar-refractivity contribution is -0.117. The Hall–Kier alpha value is -2.08. The van der Waals surface area contributed by atoms with E-state index in [4.69, 9.17) is 20.9 Å². The third-order valence-corrected chi connectivity index (χ3v) is 4.11. The van der Waals surface area contributed by atoms with Crippen molar-refractivity contribution in [3.8, 4) is 5.75 Å². The second-order valence-corrected chi connectivity index (χ2v) is 6.30. The quantitative estimate of drug-likeness (QED) is 0.856. The van der Waals surface area contributed by atoms with Gasteiger partial charge in [-0.15, -0.1) is 0 Å². The topological polar surface area (TPSA) is 68.5 Å². The van der Waals surface area contributed by atoms with Crippen LogP contribution >= 0.6 is 11.6 Å². The van der Waals surface area contributed by atoms with Crippen molar-refractivity contribution in [3.63, 3.8) is 0 Å². The number of methoxy groups -OCH3 is 1. The number of hydrogen-bond acceptors (Lipinski definition) is 5. The van der Waals surface area contributed by atoms with E-state index in [1.165, 1.54) is 0 Å². The fourth-order valence-electron chi connectivity index (χ4n) is 2.63. The van der Waals surface area contributed by atoms with Gasteiger partial charge in [0.05, 0.1) is 18.7 Å². The van der Waals surface area contributed by atoms with E-state index in [-0.39, 0.29) is 17.7 Å². The largest absolute Gasteiger partial charge is 0.495 e. The summed E-state index contributed by atoms with van der Waals surface area (Å²) in [6, 6.07) is 5.21. The van der Waals surface area contributed by atoms with Crippen molar-refractivity contribution >= 4 is 23.2 Å².